The molecule has 4 heteroatoms. The quantitative estimate of drug-likeness (QED) is 0.688. The molecular formula is C19H17ClN2O. The predicted molar refractivity (Wildman–Crippen MR) is 94.6 cm³/mol. The number of nitrogens with one attached hydrogen (secondary N) is 2. The minimum absolute atomic E-state index is 0.0369. The van der Waals surface area contributed by atoms with Gasteiger partial charge < -0.3 is 10.3 Å². The maximum Gasteiger partial charge on any atom is 0.224 e. The zero-order chi connectivity index (χ0) is 16.1. The van der Waals surface area contributed by atoms with Crippen molar-refractivity contribution >= 4 is 23.2 Å². The summed E-state index contributed by atoms with van der Waals surface area (Å²) in [6.45, 7) is 0. The van der Waals surface area contributed by atoms with Crippen LogP contribution >= 0.6 is 11.6 Å². The molecule has 3 rings (SSSR count). The number of rotatable bonds is 5. The van der Waals surface area contributed by atoms with Crippen molar-refractivity contribution in [2.75, 3.05) is 5.32 Å². The van der Waals surface area contributed by atoms with Crippen LogP contribution in [0.2, 0.25) is 5.02 Å². The van der Waals surface area contributed by atoms with Crippen LogP contribution in [0.25, 0.3) is 11.1 Å². The molecule has 0 spiro atoms. The van der Waals surface area contributed by atoms with E-state index < -0.39 is 0 Å². The molecule has 0 aliphatic rings. The van der Waals surface area contributed by atoms with E-state index in [4.69, 9.17) is 11.6 Å². The van der Waals surface area contributed by atoms with Crippen LogP contribution in [0.15, 0.2) is 67.0 Å². The first-order valence-corrected chi connectivity index (χ1v) is 7.86. The van der Waals surface area contributed by atoms with Crippen molar-refractivity contribution in [1.82, 2.24) is 4.98 Å². The summed E-state index contributed by atoms with van der Waals surface area (Å²) in [6.07, 6.45) is 4.91. The minimum atomic E-state index is -0.0369. The molecule has 0 radical (unpaired) electrons. The molecular weight excluding hydrogens is 308 g/mol. The van der Waals surface area contributed by atoms with Crippen molar-refractivity contribution in [2.24, 2.45) is 0 Å². The zero-order valence-electron chi connectivity index (χ0n) is 12.6. The molecule has 3 aromatic rings. The van der Waals surface area contributed by atoms with Gasteiger partial charge in [-0.15, -0.1) is 0 Å². The number of hydrogen-bond donors (Lipinski definition) is 2. The summed E-state index contributed by atoms with van der Waals surface area (Å²) in [4.78, 5) is 15.1. The molecule has 116 valence electrons. The number of halogens is 1. The van der Waals surface area contributed by atoms with Gasteiger partial charge >= 0.3 is 0 Å². The Labute approximate surface area is 140 Å². The molecule has 2 aromatic carbocycles. The van der Waals surface area contributed by atoms with Crippen LogP contribution in [0.3, 0.4) is 0 Å². The molecule has 1 aromatic heterocycles. The number of carbonyl (C=O) groups excluding carboxylic acids is 1. The number of amides is 1. The van der Waals surface area contributed by atoms with Crippen LogP contribution in [-0.4, -0.2) is 10.9 Å². The standard InChI is InChI=1S/C19H17ClN2O/c20-17-12-15(16-10-11-21-13-16)7-8-18(17)22-19(23)9-6-14-4-2-1-3-5-14/h1-5,7-8,10-13,21H,6,9H2,(H,22,23). The van der Waals surface area contributed by atoms with Gasteiger partial charge in [-0.3, -0.25) is 4.79 Å². The fraction of sp³-hybridized carbons (Fsp3) is 0.105. The lowest BCUT2D eigenvalue weighted by molar-refractivity contribution is -0.116. The molecule has 0 fully saturated rings. The Morgan fingerprint density at radius 1 is 1.04 bits per heavy atom. The Kier molecular flexibility index (Phi) is 4.79. The first-order chi connectivity index (χ1) is 11.2. The number of aromatic amines is 1. The lowest BCUT2D eigenvalue weighted by Gasteiger charge is -2.09. The fourth-order valence-electron chi connectivity index (χ4n) is 2.41. The minimum Gasteiger partial charge on any atom is -0.367 e. The monoisotopic (exact) mass is 324 g/mol. The Hall–Kier alpha value is -2.52. The van der Waals surface area contributed by atoms with Crippen LogP contribution < -0.4 is 5.32 Å². The van der Waals surface area contributed by atoms with Gasteiger partial charge in [0.2, 0.25) is 5.91 Å². The van der Waals surface area contributed by atoms with E-state index in [0.717, 1.165) is 16.7 Å². The number of anilines is 1. The smallest absolute Gasteiger partial charge is 0.224 e. The summed E-state index contributed by atoms with van der Waals surface area (Å²) in [7, 11) is 0. The molecule has 0 aliphatic heterocycles. The molecule has 23 heavy (non-hydrogen) atoms. The highest BCUT2D eigenvalue weighted by atomic mass is 35.5. The maximum atomic E-state index is 12.1. The van der Waals surface area contributed by atoms with Gasteiger partial charge in [-0.25, -0.2) is 0 Å². The molecule has 0 aliphatic carbocycles. The van der Waals surface area contributed by atoms with E-state index in [0.29, 0.717) is 23.6 Å². The Morgan fingerprint density at radius 3 is 2.57 bits per heavy atom. The highest BCUT2D eigenvalue weighted by molar-refractivity contribution is 6.34. The van der Waals surface area contributed by atoms with Gasteiger partial charge in [0.15, 0.2) is 0 Å². The molecule has 2 N–H and O–H groups in total. The molecule has 1 amide bonds. The van der Waals surface area contributed by atoms with Gasteiger partial charge in [-0.2, -0.15) is 0 Å². The molecule has 0 unspecified atom stereocenters. The van der Waals surface area contributed by atoms with E-state index in [1.54, 1.807) is 0 Å². The van der Waals surface area contributed by atoms with Crippen molar-refractivity contribution in [3.05, 3.63) is 77.6 Å². The Morgan fingerprint density at radius 2 is 1.87 bits per heavy atom. The molecule has 0 saturated carbocycles. The average molecular weight is 325 g/mol. The summed E-state index contributed by atoms with van der Waals surface area (Å²) in [6, 6.07) is 17.6. The van der Waals surface area contributed by atoms with Crippen LogP contribution in [0.5, 0.6) is 0 Å². The number of hydrogen-bond acceptors (Lipinski definition) is 1. The van der Waals surface area contributed by atoms with Crippen LogP contribution in [-0.2, 0) is 11.2 Å². The van der Waals surface area contributed by atoms with Gasteiger partial charge in [0, 0.05) is 18.8 Å². The van der Waals surface area contributed by atoms with Gasteiger partial charge in [0.1, 0.15) is 0 Å². The van der Waals surface area contributed by atoms with Crippen molar-refractivity contribution in [1.29, 1.82) is 0 Å². The van der Waals surface area contributed by atoms with E-state index >= 15 is 0 Å². The predicted octanol–water partition coefficient (Wildman–Crippen LogP) is 4.91. The Balaban J connectivity index is 1.62. The molecule has 0 bridgehead atoms. The third kappa shape index (κ3) is 4.02. The second-order valence-corrected chi connectivity index (χ2v) is 5.74. The number of aromatic nitrogens is 1. The van der Waals surface area contributed by atoms with Crippen molar-refractivity contribution < 1.29 is 4.79 Å². The third-order valence-corrected chi connectivity index (χ3v) is 3.97. The summed E-state index contributed by atoms with van der Waals surface area (Å²) in [5, 5.41) is 3.41. The normalized spacial score (nSPS) is 10.5. The van der Waals surface area contributed by atoms with E-state index in [-0.39, 0.29) is 5.91 Å². The maximum absolute atomic E-state index is 12.1. The van der Waals surface area contributed by atoms with E-state index in [1.165, 1.54) is 0 Å². The molecule has 0 saturated heterocycles. The Bertz CT molecular complexity index is 782. The molecule has 3 nitrogen and oxygen atoms in total. The zero-order valence-corrected chi connectivity index (χ0v) is 13.3. The number of benzene rings is 2. The van der Waals surface area contributed by atoms with Gasteiger partial charge in [0.25, 0.3) is 0 Å². The lowest BCUT2D eigenvalue weighted by Crippen LogP contribution is -2.12. The summed E-state index contributed by atoms with van der Waals surface area (Å²) in [5.41, 5.74) is 3.87. The van der Waals surface area contributed by atoms with E-state index in [9.17, 15) is 4.79 Å². The average Bonchev–Trinajstić information content (AvgIpc) is 3.10. The third-order valence-electron chi connectivity index (χ3n) is 3.66. The van der Waals surface area contributed by atoms with Gasteiger partial charge in [-0.1, -0.05) is 48.0 Å². The second kappa shape index (κ2) is 7.16. The topological polar surface area (TPSA) is 44.9 Å². The van der Waals surface area contributed by atoms with Crippen molar-refractivity contribution in [3.63, 3.8) is 0 Å². The second-order valence-electron chi connectivity index (χ2n) is 5.33. The van der Waals surface area contributed by atoms with E-state index in [1.807, 2.05) is 67.0 Å². The van der Waals surface area contributed by atoms with Gasteiger partial charge in [-0.05, 0) is 41.3 Å². The van der Waals surface area contributed by atoms with Crippen molar-refractivity contribution in [3.8, 4) is 11.1 Å². The summed E-state index contributed by atoms with van der Waals surface area (Å²) < 4.78 is 0. The van der Waals surface area contributed by atoms with Gasteiger partial charge in [0.05, 0.1) is 10.7 Å². The first-order valence-electron chi connectivity index (χ1n) is 7.49. The highest BCUT2D eigenvalue weighted by Crippen LogP contribution is 2.28. The number of aryl methyl sites for hydroxylation is 1. The van der Waals surface area contributed by atoms with E-state index in [2.05, 4.69) is 10.3 Å². The summed E-state index contributed by atoms with van der Waals surface area (Å²) >= 11 is 6.28. The first kappa shape index (κ1) is 15.4. The van der Waals surface area contributed by atoms with Crippen LogP contribution in [0.4, 0.5) is 5.69 Å². The van der Waals surface area contributed by atoms with Crippen molar-refractivity contribution in [2.45, 2.75) is 12.8 Å². The van der Waals surface area contributed by atoms with Crippen LogP contribution in [0.1, 0.15) is 12.0 Å². The number of carbonyl (C=O) groups is 1. The van der Waals surface area contributed by atoms with Crippen LogP contribution in [0, 0.1) is 0 Å². The number of H-pyrrole nitrogens is 1. The SMILES string of the molecule is O=C(CCc1ccccc1)Nc1ccc(-c2cc[nH]c2)cc1Cl. The molecule has 0 atom stereocenters. The lowest BCUT2D eigenvalue weighted by atomic mass is 10.1. The fourth-order valence-corrected chi connectivity index (χ4v) is 2.64. The molecule has 1 heterocycles. The largest absolute Gasteiger partial charge is 0.367 e. The summed E-state index contributed by atoms with van der Waals surface area (Å²) in [5.74, 6) is -0.0369. The highest BCUT2D eigenvalue weighted by Gasteiger charge is 2.08.